The topological polar surface area (TPSA) is 38.3 Å². The normalized spacial score (nSPS) is 20.9. The summed E-state index contributed by atoms with van der Waals surface area (Å²) in [6, 6.07) is -0.0669. The number of hydrogen-bond acceptors (Lipinski definition) is 3. The van der Waals surface area contributed by atoms with Crippen molar-refractivity contribution < 1.29 is 9.53 Å². The van der Waals surface area contributed by atoms with E-state index >= 15 is 0 Å². The molecule has 0 amide bonds. The molecular formula is C16H31NO2. The Hall–Kier alpha value is -0.570. The van der Waals surface area contributed by atoms with Crippen LogP contribution in [-0.2, 0) is 9.53 Å². The van der Waals surface area contributed by atoms with E-state index in [0.717, 1.165) is 25.8 Å². The van der Waals surface area contributed by atoms with Crippen molar-refractivity contribution in [2.75, 3.05) is 13.2 Å². The van der Waals surface area contributed by atoms with E-state index in [4.69, 9.17) is 4.74 Å². The Morgan fingerprint density at radius 3 is 2.21 bits per heavy atom. The van der Waals surface area contributed by atoms with Crippen molar-refractivity contribution in [3.05, 3.63) is 0 Å². The van der Waals surface area contributed by atoms with Gasteiger partial charge in [0.2, 0.25) is 0 Å². The molecule has 1 fully saturated rings. The van der Waals surface area contributed by atoms with Gasteiger partial charge in [-0.05, 0) is 42.6 Å². The lowest BCUT2D eigenvalue weighted by Gasteiger charge is -2.40. The summed E-state index contributed by atoms with van der Waals surface area (Å²) in [5.41, 5.74) is 0.465. The quantitative estimate of drug-likeness (QED) is 0.795. The summed E-state index contributed by atoms with van der Waals surface area (Å²) < 4.78 is 5.45. The van der Waals surface area contributed by atoms with E-state index in [1.165, 1.54) is 0 Å². The molecule has 19 heavy (non-hydrogen) atoms. The Kier molecular flexibility index (Phi) is 5.43. The molecule has 1 unspecified atom stereocenters. The summed E-state index contributed by atoms with van der Waals surface area (Å²) in [6.07, 6.45) is 2.93. The van der Waals surface area contributed by atoms with Gasteiger partial charge in [-0.15, -0.1) is 0 Å². The van der Waals surface area contributed by atoms with E-state index in [9.17, 15) is 4.79 Å². The van der Waals surface area contributed by atoms with Crippen LogP contribution < -0.4 is 5.32 Å². The number of carbonyl (C=O) groups is 1. The molecule has 1 N–H and O–H groups in total. The van der Waals surface area contributed by atoms with E-state index in [-0.39, 0.29) is 22.8 Å². The van der Waals surface area contributed by atoms with Crippen LogP contribution >= 0.6 is 0 Å². The fraction of sp³-hybridized carbons (Fsp3) is 0.938. The second-order valence-electron chi connectivity index (χ2n) is 7.89. The highest BCUT2D eigenvalue weighted by Gasteiger charge is 2.34. The van der Waals surface area contributed by atoms with Crippen molar-refractivity contribution >= 4 is 5.97 Å². The Bertz CT molecular complexity index is 279. The van der Waals surface area contributed by atoms with Gasteiger partial charge in [0.25, 0.3) is 0 Å². The predicted octanol–water partition coefficient (Wildman–Crippen LogP) is 3.38. The lowest BCUT2D eigenvalue weighted by atomic mass is 9.65. The second-order valence-corrected chi connectivity index (χ2v) is 7.89. The fourth-order valence-electron chi connectivity index (χ4n) is 3.43. The minimum Gasteiger partial charge on any atom is -0.465 e. The van der Waals surface area contributed by atoms with Gasteiger partial charge in [-0.25, -0.2) is 0 Å². The molecule has 1 aliphatic rings. The van der Waals surface area contributed by atoms with Gasteiger partial charge in [0.15, 0.2) is 0 Å². The van der Waals surface area contributed by atoms with Gasteiger partial charge in [-0.1, -0.05) is 41.5 Å². The van der Waals surface area contributed by atoms with Crippen molar-refractivity contribution in [3.8, 4) is 0 Å². The third-order valence-electron chi connectivity index (χ3n) is 4.09. The molecule has 1 heterocycles. The van der Waals surface area contributed by atoms with Gasteiger partial charge in [0, 0.05) is 0 Å². The average molecular weight is 269 g/mol. The molecular weight excluding hydrogens is 238 g/mol. The Morgan fingerprint density at radius 1 is 1.21 bits per heavy atom. The maximum Gasteiger partial charge on any atom is 0.323 e. The lowest BCUT2D eigenvalue weighted by molar-refractivity contribution is -0.146. The van der Waals surface area contributed by atoms with Crippen LogP contribution in [0.5, 0.6) is 0 Å². The standard InChI is InChI=1S/C16H31NO2/c1-15(2,3)13(16(4,5)6)9-11-19-14(18)12-8-7-10-17-12/h12-13,17H,7-11H2,1-6H3. The van der Waals surface area contributed by atoms with Crippen LogP contribution in [0.15, 0.2) is 0 Å². The third kappa shape index (κ3) is 5.13. The van der Waals surface area contributed by atoms with Gasteiger partial charge in [0.1, 0.15) is 6.04 Å². The van der Waals surface area contributed by atoms with Crippen molar-refractivity contribution in [2.24, 2.45) is 16.7 Å². The smallest absolute Gasteiger partial charge is 0.323 e. The van der Waals surface area contributed by atoms with Crippen molar-refractivity contribution in [3.63, 3.8) is 0 Å². The zero-order chi connectivity index (χ0) is 14.7. The summed E-state index contributed by atoms with van der Waals surface area (Å²) in [5, 5.41) is 3.18. The third-order valence-corrected chi connectivity index (χ3v) is 4.09. The maximum absolute atomic E-state index is 11.8. The molecule has 0 radical (unpaired) electrons. The first-order valence-electron chi connectivity index (χ1n) is 7.52. The van der Waals surface area contributed by atoms with E-state index in [1.54, 1.807) is 0 Å². The molecule has 0 bridgehead atoms. The molecule has 1 saturated heterocycles. The predicted molar refractivity (Wildman–Crippen MR) is 79.0 cm³/mol. The van der Waals surface area contributed by atoms with E-state index in [2.05, 4.69) is 46.9 Å². The van der Waals surface area contributed by atoms with Gasteiger partial charge in [-0.3, -0.25) is 4.79 Å². The first-order valence-corrected chi connectivity index (χ1v) is 7.52. The SMILES string of the molecule is CC(C)(C)C(CCOC(=O)C1CCCN1)C(C)(C)C. The summed E-state index contributed by atoms with van der Waals surface area (Å²) >= 11 is 0. The van der Waals surface area contributed by atoms with Crippen molar-refractivity contribution in [2.45, 2.75) is 66.8 Å². The lowest BCUT2D eigenvalue weighted by Crippen LogP contribution is -2.36. The number of ether oxygens (including phenoxy) is 1. The van der Waals surface area contributed by atoms with Crippen LogP contribution in [0.3, 0.4) is 0 Å². The van der Waals surface area contributed by atoms with Crippen LogP contribution in [0, 0.1) is 16.7 Å². The zero-order valence-electron chi connectivity index (χ0n) is 13.5. The largest absolute Gasteiger partial charge is 0.465 e. The summed E-state index contributed by atoms with van der Waals surface area (Å²) in [6.45, 7) is 15.1. The van der Waals surface area contributed by atoms with Crippen LogP contribution in [0.25, 0.3) is 0 Å². The minimum absolute atomic E-state index is 0.0669. The first kappa shape index (κ1) is 16.5. The van der Waals surface area contributed by atoms with E-state index in [1.807, 2.05) is 0 Å². The molecule has 0 aromatic rings. The van der Waals surface area contributed by atoms with E-state index < -0.39 is 0 Å². The highest BCUT2D eigenvalue weighted by molar-refractivity contribution is 5.76. The van der Waals surface area contributed by atoms with Crippen LogP contribution in [0.4, 0.5) is 0 Å². The average Bonchev–Trinajstić information content (AvgIpc) is 2.73. The van der Waals surface area contributed by atoms with Gasteiger partial charge < -0.3 is 10.1 Å². The highest BCUT2D eigenvalue weighted by Crippen LogP contribution is 2.41. The summed E-state index contributed by atoms with van der Waals surface area (Å²) in [7, 11) is 0. The highest BCUT2D eigenvalue weighted by atomic mass is 16.5. The molecule has 0 aromatic heterocycles. The molecule has 1 aliphatic heterocycles. The van der Waals surface area contributed by atoms with Crippen molar-refractivity contribution in [1.82, 2.24) is 5.32 Å². The number of hydrogen-bond donors (Lipinski definition) is 1. The Morgan fingerprint density at radius 2 is 1.79 bits per heavy atom. The first-order chi connectivity index (χ1) is 8.62. The minimum atomic E-state index is -0.0703. The monoisotopic (exact) mass is 269 g/mol. The fourth-order valence-corrected chi connectivity index (χ4v) is 3.43. The second kappa shape index (κ2) is 6.25. The molecule has 1 atom stereocenters. The van der Waals surface area contributed by atoms with E-state index in [0.29, 0.717) is 12.5 Å². The van der Waals surface area contributed by atoms with Crippen LogP contribution in [0.1, 0.15) is 60.8 Å². The Labute approximate surface area is 118 Å². The molecule has 0 spiro atoms. The molecule has 3 heteroatoms. The Balaban J connectivity index is 2.42. The molecule has 1 rings (SSSR count). The van der Waals surface area contributed by atoms with Crippen LogP contribution in [-0.4, -0.2) is 25.2 Å². The van der Waals surface area contributed by atoms with Gasteiger partial charge in [-0.2, -0.15) is 0 Å². The van der Waals surface area contributed by atoms with Crippen molar-refractivity contribution in [1.29, 1.82) is 0 Å². The number of nitrogens with one attached hydrogen (secondary N) is 1. The molecule has 0 aromatic carbocycles. The summed E-state index contributed by atoms with van der Waals surface area (Å²) in [4.78, 5) is 11.8. The number of rotatable bonds is 4. The molecule has 0 saturated carbocycles. The number of esters is 1. The maximum atomic E-state index is 11.8. The molecule has 112 valence electrons. The number of carbonyl (C=O) groups excluding carboxylic acids is 1. The molecule has 3 nitrogen and oxygen atoms in total. The molecule has 0 aliphatic carbocycles. The van der Waals surface area contributed by atoms with Crippen LogP contribution in [0.2, 0.25) is 0 Å². The summed E-state index contributed by atoms with van der Waals surface area (Å²) in [5.74, 6) is 0.461. The van der Waals surface area contributed by atoms with Gasteiger partial charge in [0.05, 0.1) is 6.61 Å². The van der Waals surface area contributed by atoms with Gasteiger partial charge >= 0.3 is 5.97 Å². The zero-order valence-corrected chi connectivity index (χ0v) is 13.5.